The molecule has 19 heavy (non-hydrogen) atoms. The predicted octanol–water partition coefficient (Wildman–Crippen LogP) is 1.19. The van der Waals surface area contributed by atoms with Gasteiger partial charge in [0.1, 0.15) is 0 Å². The number of halogens is 1. The molecule has 1 N–H and O–H groups in total. The molecule has 0 amide bonds. The molecule has 1 aromatic carbocycles. The molecule has 0 aliphatic carbocycles. The van der Waals surface area contributed by atoms with E-state index in [4.69, 9.17) is 0 Å². The third-order valence-corrected chi connectivity index (χ3v) is 5.23. The number of nitrogens with one attached hydrogen (secondary N) is 1. The molecule has 1 aliphatic heterocycles. The second kappa shape index (κ2) is 5.40. The lowest BCUT2D eigenvalue weighted by molar-refractivity contribution is 0.579. The second-order valence-electron chi connectivity index (χ2n) is 4.36. The number of fused-ring (bicyclic) bond motifs is 1. The van der Waals surface area contributed by atoms with E-state index in [0.717, 1.165) is 6.54 Å². The minimum Gasteiger partial charge on any atom is -0.315 e. The number of para-hydroxylation sites is 2. The van der Waals surface area contributed by atoms with Gasteiger partial charge in [0.25, 0.3) is 0 Å². The first-order valence-corrected chi connectivity index (χ1v) is 7.39. The summed E-state index contributed by atoms with van der Waals surface area (Å²) in [4.78, 5) is 8.37. The van der Waals surface area contributed by atoms with E-state index in [9.17, 15) is 8.42 Å². The van der Waals surface area contributed by atoms with E-state index < -0.39 is 9.84 Å². The fraction of sp³-hybridized carbons (Fsp3) is 0.333. The zero-order valence-corrected chi connectivity index (χ0v) is 11.7. The maximum atomic E-state index is 12.3. The Morgan fingerprint density at radius 3 is 2.63 bits per heavy atom. The number of nitrogens with zero attached hydrogens (tertiary/aromatic N) is 2. The Labute approximate surface area is 117 Å². The van der Waals surface area contributed by atoms with Crippen LogP contribution in [0.3, 0.4) is 0 Å². The molecule has 1 atom stereocenters. The Bertz CT molecular complexity index is 684. The largest absolute Gasteiger partial charge is 0.315 e. The molecule has 2 aromatic rings. The SMILES string of the molecule is Cl.O=S(=O)(c1cnc2ccccc2n1)C1CCNC1. The van der Waals surface area contributed by atoms with Gasteiger partial charge in [-0.25, -0.2) is 13.4 Å². The van der Waals surface area contributed by atoms with Gasteiger partial charge in [0.15, 0.2) is 5.03 Å². The Kier molecular flexibility index (Phi) is 4.03. The highest BCUT2D eigenvalue weighted by Gasteiger charge is 2.31. The lowest BCUT2D eigenvalue weighted by Crippen LogP contribution is -2.24. The Morgan fingerprint density at radius 1 is 1.21 bits per heavy atom. The predicted molar refractivity (Wildman–Crippen MR) is 75.2 cm³/mol. The summed E-state index contributed by atoms with van der Waals surface area (Å²) in [6.45, 7) is 1.24. The van der Waals surface area contributed by atoms with E-state index in [-0.39, 0.29) is 22.7 Å². The van der Waals surface area contributed by atoms with Gasteiger partial charge in [-0.15, -0.1) is 12.4 Å². The summed E-state index contributed by atoms with van der Waals surface area (Å²) in [6.07, 6.45) is 1.99. The van der Waals surface area contributed by atoms with Gasteiger partial charge in [-0.2, -0.15) is 0 Å². The summed E-state index contributed by atoms with van der Waals surface area (Å²) in [5.74, 6) is 0. The van der Waals surface area contributed by atoms with Crippen LogP contribution in [0.5, 0.6) is 0 Å². The first-order chi connectivity index (χ1) is 8.68. The number of sulfone groups is 1. The van der Waals surface area contributed by atoms with E-state index in [2.05, 4.69) is 15.3 Å². The zero-order valence-electron chi connectivity index (χ0n) is 10.1. The van der Waals surface area contributed by atoms with Crippen molar-refractivity contribution in [3.63, 3.8) is 0 Å². The number of rotatable bonds is 2. The standard InChI is InChI=1S/C12H13N3O2S.ClH/c16-18(17,9-5-6-13-7-9)12-8-14-10-3-1-2-4-11(10)15-12;/h1-4,8-9,13H,5-7H2;1H. The monoisotopic (exact) mass is 299 g/mol. The van der Waals surface area contributed by atoms with Crippen LogP contribution in [-0.4, -0.2) is 36.7 Å². The number of benzene rings is 1. The smallest absolute Gasteiger partial charge is 0.201 e. The highest BCUT2D eigenvalue weighted by molar-refractivity contribution is 7.92. The minimum atomic E-state index is -3.37. The molecule has 102 valence electrons. The molecule has 1 aliphatic rings. The fourth-order valence-electron chi connectivity index (χ4n) is 2.14. The first-order valence-electron chi connectivity index (χ1n) is 5.84. The average molecular weight is 300 g/mol. The average Bonchev–Trinajstić information content (AvgIpc) is 2.92. The van der Waals surface area contributed by atoms with Crippen LogP contribution in [0.4, 0.5) is 0 Å². The fourth-order valence-corrected chi connectivity index (χ4v) is 3.67. The maximum absolute atomic E-state index is 12.3. The highest BCUT2D eigenvalue weighted by Crippen LogP contribution is 2.19. The van der Waals surface area contributed by atoms with E-state index in [1.165, 1.54) is 6.20 Å². The van der Waals surface area contributed by atoms with Crippen molar-refractivity contribution in [1.29, 1.82) is 0 Å². The molecule has 1 aromatic heterocycles. The molecule has 0 saturated carbocycles. The zero-order chi connectivity index (χ0) is 12.6. The van der Waals surface area contributed by atoms with Gasteiger partial charge in [0.05, 0.1) is 22.5 Å². The summed E-state index contributed by atoms with van der Waals surface area (Å²) < 4.78 is 24.7. The van der Waals surface area contributed by atoms with Crippen LogP contribution < -0.4 is 5.32 Å². The lowest BCUT2D eigenvalue weighted by atomic mass is 10.3. The van der Waals surface area contributed by atoms with Crippen LogP contribution in [-0.2, 0) is 9.84 Å². The summed E-state index contributed by atoms with van der Waals surface area (Å²) in [7, 11) is -3.37. The summed E-state index contributed by atoms with van der Waals surface area (Å²) in [6, 6.07) is 7.26. The molecule has 3 rings (SSSR count). The molecule has 7 heteroatoms. The van der Waals surface area contributed by atoms with Crippen LogP contribution >= 0.6 is 12.4 Å². The third kappa shape index (κ3) is 2.56. The molecular weight excluding hydrogens is 286 g/mol. The van der Waals surface area contributed by atoms with Crippen molar-refractivity contribution >= 4 is 33.3 Å². The van der Waals surface area contributed by atoms with Crippen molar-refractivity contribution in [3.05, 3.63) is 30.5 Å². The lowest BCUT2D eigenvalue weighted by Gasteiger charge is -2.09. The van der Waals surface area contributed by atoms with Gasteiger partial charge in [0, 0.05) is 6.54 Å². The van der Waals surface area contributed by atoms with Gasteiger partial charge >= 0.3 is 0 Å². The topological polar surface area (TPSA) is 72.0 Å². The molecule has 1 fully saturated rings. The van der Waals surface area contributed by atoms with E-state index in [1.54, 1.807) is 6.07 Å². The summed E-state index contributed by atoms with van der Waals surface area (Å²) >= 11 is 0. The maximum Gasteiger partial charge on any atom is 0.201 e. The van der Waals surface area contributed by atoms with Gasteiger partial charge in [0.2, 0.25) is 9.84 Å². The van der Waals surface area contributed by atoms with Crippen molar-refractivity contribution in [2.24, 2.45) is 0 Å². The number of hydrogen-bond acceptors (Lipinski definition) is 5. The van der Waals surface area contributed by atoms with Gasteiger partial charge in [-0.05, 0) is 25.1 Å². The Morgan fingerprint density at radius 2 is 1.95 bits per heavy atom. The Balaban J connectivity index is 0.00000133. The number of hydrogen-bond donors (Lipinski definition) is 1. The van der Waals surface area contributed by atoms with Crippen molar-refractivity contribution in [2.45, 2.75) is 16.7 Å². The third-order valence-electron chi connectivity index (χ3n) is 3.17. The van der Waals surface area contributed by atoms with Crippen LogP contribution in [0, 0.1) is 0 Å². The van der Waals surface area contributed by atoms with Crippen LogP contribution in [0.25, 0.3) is 11.0 Å². The van der Waals surface area contributed by atoms with Crippen LogP contribution in [0.1, 0.15) is 6.42 Å². The van der Waals surface area contributed by atoms with Crippen LogP contribution in [0.15, 0.2) is 35.5 Å². The number of aromatic nitrogens is 2. The second-order valence-corrected chi connectivity index (χ2v) is 6.53. The highest BCUT2D eigenvalue weighted by atomic mass is 35.5. The molecule has 2 heterocycles. The van der Waals surface area contributed by atoms with Crippen molar-refractivity contribution in [1.82, 2.24) is 15.3 Å². The molecule has 1 saturated heterocycles. The Hall–Kier alpha value is -1.24. The molecular formula is C12H14ClN3O2S. The van der Waals surface area contributed by atoms with E-state index in [0.29, 0.717) is 24.0 Å². The van der Waals surface area contributed by atoms with E-state index >= 15 is 0 Å². The molecule has 0 spiro atoms. The van der Waals surface area contributed by atoms with Gasteiger partial charge in [-0.1, -0.05) is 12.1 Å². The molecule has 0 bridgehead atoms. The molecule has 0 radical (unpaired) electrons. The minimum absolute atomic E-state index is 0. The first kappa shape index (κ1) is 14.2. The molecule has 1 unspecified atom stereocenters. The van der Waals surface area contributed by atoms with E-state index in [1.807, 2.05) is 18.2 Å². The van der Waals surface area contributed by atoms with Crippen molar-refractivity contribution in [2.75, 3.05) is 13.1 Å². The summed E-state index contributed by atoms with van der Waals surface area (Å²) in [5.41, 5.74) is 1.32. The van der Waals surface area contributed by atoms with Gasteiger partial charge < -0.3 is 5.32 Å². The van der Waals surface area contributed by atoms with Crippen molar-refractivity contribution in [3.8, 4) is 0 Å². The molecule has 5 nitrogen and oxygen atoms in total. The van der Waals surface area contributed by atoms with Crippen molar-refractivity contribution < 1.29 is 8.42 Å². The van der Waals surface area contributed by atoms with Gasteiger partial charge in [-0.3, -0.25) is 4.98 Å². The quantitative estimate of drug-likeness (QED) is 0.902. The summed E-state index contributed by atoms with van der Waals surface area (Å²) in [5, 5.41) is 2.76. The van der Waals surface area contributed by atoms with Crippen LogP contribution in [0.2, 0.25) is 0 Å². The normalized spacial score (nSPS) is 19.3.